The van der Waals surface area contributed by atoms with E-state index < -0.39 is 24.1 Å². The van der Waals surface area contributed by atoms with Crippen molar-refractivity contribution in [1.29, 1.82) is 0 Å². The Morgan fingerprint density at radius 2 is 1.74 bits per heavy atom. The van der Waals surface area contributed by atoms with Gasteiger partial charge in [0, 0.05) is 12.5 Å². The summed E-state index contributed by atoms with van der Waals surface area (Å²) >= 11 is 0. The zero-order chi connectivity index (χ0) is 24.9. The predicted molar refractivity (Wildman–Crippen MR) is 130 cm³/mol. The van der Waals surface area contributed by atoms with Gasteiger partial charge in [-0.25, -0.2) is 4.79 Å². The fourth-order valence-corrected chi connectivity index (χ4v) is 4.94. The Bertz CT molecular complexity index is 1040. The Labute approximate surface area is 205 Å². The molecule has 186 valence electrons. The maximum absolute atomic E-state index is 13.4. The number of hydrogen-bond donors (Lipinski definition) is 2. The number of carbonyl (C=O) groups is 3. The summed E-state index contributed by atoms with van der Waals surface area (Å²) < 4.78 is 11.0. The minimum absolute atomic E-state index is 0.0786. The number of rotatable bonds is 8. The van der Waals surface area contributed by atoms with E-state index in [0.717, 1.165) is 22.3 Å². The highest BCUT2D eigenvalue weighted by Crippen LogP contribution is 2.44. The van der Waals surface area contributed by atoms with Crippen LogP contribution in [0.1, 0.15) is 43.7 Å². The smallest absolute Gasteiger partial charge is 0.407 e. The van der Waals surface area contributed by atoms with Gasteiger partial charge in [0.25, 0.3) is 0 Å². The number of morpholine rings is 1. The molecule has 0 radical (unpaired) electrons. The Morgan fingerprint density at radius 1 is 1.11 bits per heavy atom. The molecule has 0 spiro atoms. The molecule has 1 saturated heterocycles. The van der Waals surface area contributed by atoms with Gasteiger partial charge >= 0.3 is 12.1 Å². The van der Waals surface area contributed by atoms with Crippen molar-refractivity contribution in [3.63, 3.8) is 0 Å². The van der Waals surface area contributed by atoms with Crippen LogP contribution in [0, 0.1) is 5.92 Å². The van der Waals surface area contributed by atoms with E-state index in [4.69, 9.17) is 9.47 Å². The van der Waals surface area contributed by atoms with E-state index in [1.807, 2.05) is 50.2 Å². The lowest BCUT2D eigenvalue weighted by Crippen LogP contribution is -2.58. The van der Waals surface area contributed by atoms with Crippen LogP contribution in [0.2, 0.25) is 0 Å². The topological polar surface area (TPSA) is 105 Å². The van der Waals surface area contributed by atoms with Gasteiger partial charge in [0.1, 0.15) is 12.6 Å². The lowest BCUT2D eigenvalue weighted by molar-refractivity contribution is -0.148. The molecule has 35 heavy (non-hydrogen) atoms. The number of nitrogens with zero attached hydrogens (tertiary/aromatic N) is 1. The number of carboxylic acid groups (broad SMARTS) is 1. The van der Waals surface area contributed by atoms with Crippen molar-refractivity contribution in [3.8, 4) is 11.1 Å². The second-order valence-electron chi connectivity index (χ2n) is 9.19. The van der Waals surface area contributed by atoms with Crippen LogP contribution < -0.4 is 5.32 Å². The number of benzene rings is 2. The van der Waals surface area contributed by atoms with Crippen LogP contribution in [0.4, 0.5) is 4.79 Å². The maximum atomic E-state index is 13.4. The molecule has 2 N–H and O–H groups in total. The standard InChI is InChI=1S/C27H32N2O6/c1-3-17(2)25(26(32)29-12-13-34-15-18(29)14-24(30)31)28-27(33)35-16-23-21-10-6-4-8-19(21)20-9-5-7-11-22(20)23/h4-11,17-18,23,25H,3,12-16H2,1-2H3,(H,28,33)(H,30,31). The van der Waals surface area contributed by atoms with Gasteiger partial charge in [-0.2, -0.15) is 0 Å². The summed E-state index contributed by atoms with van der Waals surface area (Å²) in [7, 11) is 0. The summed E-state index contributed by atoms with van der Waals surface area (Å²) in [5.41, 5.74) is 4.50. The molecule has 1 heterocycles. The number of ether oxygens (including phenoxy) is 2. The fourth-order valence-electron chi connectivity index (χ4n) is 4.94. The third-order valence-electron chi connectivity index (χ3n) is 7.02. The molecule has 1 aliphatic carbocycles. The summed E-state index contributed by atoms with van der Waals surface area (Å²) in [6.07, 6.45) is -0.202. The van der Waals surface area contributed by atoms with Crippen LogP contribution in [0.15, 0.2) is 48.5 Å². The highest BCUT2D eigenvalue weighted by molar-refractivity contribution is 5.87. The van der Waals surface area contributed by atoms with E-state index in [1.165, 1.54) is 4.90 Å². The molecule has 0 saturated carbocycles. The average molecular weight is 481 g/mol. The van der Waals surface area contributed by atoms with Crippen molar-refractivity contribution >= 4 is 18.0 Å². The molecule has 0 bridgehead atoms. The van der Waals surface area contributed by atoms with Crippen LogP contribution in [-0.2, 0) is 19.1 Å². The normalized spacial score (nSPS) is 18.8. The van der Waals surface area contributed by atoms with Crippen molar-refractivity contribution in [3.05, 3.63) is 59.7 Å². The summed E-state index contributed by atoms with van der Waals surface area (Å²) in [6, 6.07) is 14.8. The first-order valence-electron chi connectivity index (χ1n) is 12.1. The van der Waals surface area contributed by atoms with Gasteiger partial charge < -0.3 is 24.8 Å². The Kier molecular flexibility index (Phi) is 7.70. The Balaban J connectivity index is 1.45. The number of amides is 2. The van der Waals surface area contributed by atoms with Crippen molar-refractivity contribution in [2.75, 3.05) is 26.4 Å². The van der Waals surface area contributed by atoms with Gasteiger partial charge in [0.15, 0.2) is 0 Å². The molecule has 1 fully saturated rings. The van der Waals surface area contributed by atoms with Crippen LogP contribution in [0.25, 0.3) is 11.1 Å². The third kappa shape index (κ3) is 5.32. The van der Waals surface area contributed by atoms with Gasteiger partial charge in [0.05, 0.1) is 25.7 Å². The SMILES string of the molecule is CCC(C)C(NC(=O)OCC1c2ccccc2-c2ccccc21)C(=O)N1CCOCC1CC(=O)O. The first-order chi connectivity index (χ1) is 16.9. The zero-order valence-corrected chi connectivity index (χ0v) is 20.1. The van der Waals surface area contributed by atoms with Crippen LogP contribution >= 0.6 is 0 Å². The van der Waals surface area contributed by atoms with Crippen LogP contribution in [0.5, 0.6) is 0 Å². The van der Waals surface area contributed by atoms with E-state index in [9.17, 15) is 19.5 Å². The van der Waals surface area contributed by atoms with Crippen molar-refractivity contribution < 1.29 is 29.0 Å². The molecule has 2 aliphatic rings. The number of aliphatic carboxylic acids is 1. The highest BCUT2D eigenvalue weighted by Gasteiger charge is 2.37. The van der Waals surface area contributed by atoms with E-state index >= 15 is 0 Å². The van der Waals surface area contributed by atoms with Gasteiger partial charge in [-0.05, 0) is 28.2 Å². The van der Waals surface area contributed by atoms with Crippen molar-refractivity contribution in [1.82, 2.24) is 10.2 Å². The second-order valence-corrected chi connectivity index (χ2v) is 9.19. The third-order valence-corrected chi connectivity index (χ3v) is 7.02. The fraction of sp³-hybridized carbons (Fsp3) is 0.444. The lowest BCUT2D eigenvalue weighted by atomic mass is 9.96. The maximum Gasteiger partial charge on any atom is 0.407 e. The van der Waals surface area contributed by atoms with Gasteiger partial charge in [-0.15, -0.1) is 0 Å². The number of hydrogen-bond acceptors (Lipinski definition) is 5. The Morgan fingerprint density at radius 3 is 2.34 bits per heavy atom. The van der Waals surface area contributed by atoms with Gasteiger partial charge in [-0.1, -0.05) is 68.8 Å². The highest BCUT2D eigenvalue weighted by atomic mass is 16.5. The summed E-state index contributed by atoms with van der Waals surface area (Å²) in [6.45, 7) is 4.77. The minimum atomic E-state index is -0.997. The Hall–Kier alpha value is -3.39. The molecule has 1 aliphatic heterocycles. The number of fused-ring (bicyclic) bond motifs is 3. The predicted octanol–water partition coefficient (Wildman–Crippen LogP) is 3.64. The van der Waals surface area contributed by atoms with Crippen molar-refractivity contribution in [2.45, 2.75) is 44.7 Å². The van der Waals surface area contributed by atoms with Gasteiger partial charge in [0.2, 0.25) is 5.91 Å². The number of carbonyl (C=O) groups excluding carboxylic acids is 2. The molecule has 2 aromatic carbocycles. The largest absolute Gasteiger partial charge is 0.481 e. The molecule has 0 aromatic heterocycles. The summed E-state index contributed by atoms with van der Waals surface area (Å²) in [5, 5.41) is 12.0. The molecule has 2 amide bonds. The average Bonchev–Trinajstić information content (AvgIpc) is 3.19. The molecule has 8 heteroatoms. The molecule has 3 unspecified atom stereocenters. The second kappa shape index (κ2) is 10.9. The minimum Gasteiger partial charge on any atom is -0.481 e. The van der Waals surface area contributed by atoms with Crippen molar-refractivity contribution in [2.24, 2.45) is 5.92 Å². The van der Waals surface area contributed by atoms with E-state index in [-0.39, 0.29) is 43.9 Å². The number of carboxylic acids is 1. The quantitative estimate of drug-likeness (QED) is 0.598. The van der Waals surface area contributed by atoms with Crippen LogP contribution in [0.3, 0.4) is 0 Å². The monoisotopic (exact) mass is 480 g/mol. The lowest BCUT2D eigenvalue weighted by Gasteiger charge is -2.38. The molecule has 8 nitrogen and oxygen atoms in total. The molecular formula is C27H32N2O6. The van der Waals surface area contributed by atoms with E-state index in [0.29, 0.717) is 13.0 Å². The number of nitrogens with one attached hydrogen (secondary N) is 1. The molecule has 3 atom stereocenters. The molecule has 4 rings (SSSR count). The first-order valence-corrected chi connectivity index (χ1v) is 12.1. The van der Waals surface area contributed by atoms with E-state index in [2.05, 4.69) is 17.4 Å². The van der Waals surface area contributed by atoms with Crippen LogP contribution in [-0.4, -0.2) is 66.4 Å². The zero-order valence-electron chi connectivity index (χ0n) is 20.1. The summed E-state index contributed by atoms with van der Waals surface area (Å²) in [5.74, 6) is -1.54. The summed E-state index contributed by atoms with van der Waals surface area (Å²) in [4.78, 5) is 39.1. The first kappa shape index (κ1) is 24.7. The van der Waals surface area contributed by atoms with E-state index in [1.54, 1.807) is 0 Å². The number of alkyl carbamates (subject to hydrolysis) is 1. The molecular weight excluding hydrogens is 448 g/mol. The molecule has 2 aromatic rings. The van der Waals surface area contributed by atoms with Gasteiger partial charge in [-0.3, -0.25) is 9.59 Å².